The first-order valence-electron chi connectivity index (χ1n) is 5.30. The second kappa shape index (κ2) is 5.97. The molecule has 0 unspecified atom stereocenters. The lowest BCUT2D eigenvalue weighted by Gasteiger charge is -1.91. The van der Waals surface area contributed by atoms with Crippen molar-refractivity contribution < 1.29 is 0 Å². The van der Waals surface area contributed by atoms with Crippen molar-refractivity contribution >= 4 is 43.1 Å². The number of nitrogens with zero attached hydrogens (tertiary/aromatic N) is 3. The fraction of sp³-hybridized carbons (Fsp3) is 0.167. The standard InChI is InChI=1S/C12H11BrN4S/c1-8-11(16-6-4-10(13)14)18-12(17-8)9-3-2-5-15-7-9/h2-3,5-7,14H,4H2,1H3. The van der Waals surface area contributed by atoms with Gasteiger partial charge in [-0.25, -0.2) is 9.98 Å². The van der Waals surface area contributed by atoms with Gasteiger partial charge in [-0.2, -0.15) is 0 Å². The topological polar surface area (TPSA) is 62.0 Å². The minimum Gasteiger partial charge on any atom is -0.297 e. The van der Waals surface area contributed by atoms with E-state index in [1.165, 1.54) is 11.3 Å². The average molecular weight is 323 g/mol. The Kier molecular flexibility index (Phi) is 4.33. The van der Waals surface area contributed by atoms with Crippen LogP contribution in [0.5, 0.6) is 0 Å². The van der Waals surface area contributed by atoms with E-state index >= 15 is 0 Å². The fourth-order valence-corrected chi connectivity index (χ4v) is 2.40. The van der Waals surface area contributed by atoms with Crippen LogP contribution < -0.4 is 0 Å². The first-order chi connectivity index (χ1) is 8.66. The van der Waals surface area contributed by atoms with Gasteiger partial charge in [-0.3, -0.25) is 10.4 Å². The molecule has 4 nitrogen and oxygen atoms in total. The summed E-state index contributed by atoms with van der Waals surface area (Å²) in [4.78, 5) is 12.9. The van der Waals surface area contributed by atoms with E-state index in [4.69, 9.17) is 5.41 Å². The van der Waals surface area contributed by atoms with E-state index in [-0.39, 0.29) is 0 Å². The quantitative estimate of drug-likeness (QED) is 0.865. The number of pyridine rings is 1. The molecule has 0 fully saturated rings. The van der Waals surface area contributed by atoms with Gasteiger partial charge in [0.25, 0.3) is 0 Å². The van der Waals surface area contributed by atoms with E-state index in [0.717, 1.165) is 21.3 Å². The van der Waals surface area contributed by atoms with Gasteiger partial charge in [0.05, 0.1) is 10.3 Å². The zero-order valence-corrected chi connectivity index (χ0v) is 12.1. The SMILES string of the molecule is Cc1nc(-c2cccnc2)sc1N=CCC(=N)Br. The third-order valence-electron chi connectivity index (χ3n) is 2.16. The van der Waals surface area contributed by atoms with E-state index in [1.807, 2.05) is 19.1 Å². The molecule has 6 heteroatoms. The fourth-order valence-electron chi connectivity index (χ4n) is 1.33. The Hall–Kier alpha value is -1.40. The Bertz CT molecular complexity index is 577. The van der Waals surface area contributed by atoms with E-state index in [1.54, 1.807) is 18.6 Å². The van der Waals surface area contributed by atoms with E-state index in [9.17, 15) is 0 Å². The molecular formula is C12H11BrN4S. The summed E-state index contributed by atoms with van der Waals surface area (Å²) in [6, 6.07) is 3.87. The minimum absolute atomic E-state index is 0.418. The highest BCUT2D eigenvalue weighted by Crippen LogP contribution is 2.33. The number of aliphatic imine (C=N–C) groups is 1. The van der Waals surface area contributed by atoms with Crippen molar-refractivity contribution in [2.75, 3.05) is 0 Å². The van der Waals surface area contributed by atoms with Crippen LogP contribution >= 0.6 is 27.3 Å². The summed E-state index contributed by atoms with van der Waals surface area (Å²) in [6.07, 6.45) is 5.74. The third-order valence-corrected chi connectivity index (χ3v) is 3.60. The summed E-state index contributed by atoms with van der Waals surface area (Å²) >= 11 is 4.61. The number of hydrogen-bond acceptors (Lipinski definition) is 5. The highest BCUT2D eigenvalue weighted by atomic mass is 79.9. The maximum atomic E-state index is 7.26. The minimum atomic E-state index is 0.418. The maximum absolute atomic E-state index is 7.26. The highest BCUT2D eigenvalue weighted by Gasteiger charge is 2.07. The van der Waals surface area contributed by atoms with Crippen LogP contribution in [-0.4, -0.2) is 20.8 Å². The normalized spacial score (nSPS) is 11.0. The van der Waals surface area contributed by atoms with Gasteiger partial charge in [-0.05, 0) is 35.0 Å². The van der Waals surface area contributed by atoms with Gasteiger partial charge in [0.15, 0.2) is 0 Å². The van der Waals surface area contributed by atoms with Gasteiger partial charge in [0.1, 0.15) is 10.0 Å². The molecule has 0 spiro atoms. The second-order valence-electron chi connectivity index (χ2n) is 3.57. The number of nitrogens with one attached hydrogen (secondary N) is 1. The van der Waals surface area contributed by atoms with Crippen LogP contribution in [0.3, 0.4) is 0 Å². The Morgan fingerprint density at radius 1 is 1.61 bits per heavy atom. The highest BCUT2D eigenvalue weighted by molar-refractivity contribution is 9.18. The second-order valence-corrected chi connectivity index (χ2v) is 5.51. The van der Waals surface area contributed by atoms with Crippen molar-refractivity contribution in [3.05, 3.63) is 30.2 Å². The Labute approximate surface area is 117 Å². The molecule has 0 aliphatic carbocycles. The molecule has 18 heavy (non-hydrogen) atoms. The van der Waals surface area contributed by atoms with Crippen LogP contribution in [0, 0.1) is 12.3 Å². The molecule has 0 saturated heterocycles. The van der Waals surface area contributed by atoms with Gasteiger partial charge in [-0.1, -0.05) is 11.3 Å². The molecule has 2 heterocycles. The maximum Gasteiger partial charge on any atom is 0.138 e. The van der Waals surface area contributed by atoms with Gasteiger partial charge in [-0.15, -0.1) is 0 Å². The number of rotatable bonds is 4. The van der Waals surface area contributed by atoms with Crippen LogP contribution in [0.1, 0.15) is 12.1 Å². The van der Waals surface area contributed by atoms with Crippen molar-refractivity contribution in [2.24, 2.45) is 4.99 Å². The Morgan fingerprint density at radius 3 is 3.11 bits per heavy atom. The van der Waals surface area contributed by atoms with Crippen molar-refractivity contribution in [3.8, 4) is 10.6 Å². The summed E-state index contributed by atoms with van der Waals surface area (Å²) in [6.45, 7) is 1.93. The molecule has 0 bridgehead atoms. The molecule has 0 saturated carbocycles. The van der Waals surface area contributed by atoms with Gasteiger partial charge >= 0.3 is 0 Å². The van der Waals surface area contributed by atoms with Gasteiger partial charge in [0.2, 0.25) is 0 Å². The number of aromatic nitrogens is 2. The molecule has 1 N–H and O–H groups in total. The first kappa shape index (κ1) is 13.0. The van der Waals surface area contributed by atoms with Crippen LogP contribution in [0.4, 0.5) is 5.00 Å². The van der Waals surface area contributed by atoms with Gasteiger partial charge in [0, 0.05) is 30.6 Å². The zero-order chi connectivity index (χ0) is 13.0. The lowest BCUT2D eigenvalue weighted by molar-refractivity contribution is 1.24. The molecule has 0 aliphatic heterocycles. The third kappa shape index (κ3) is 3.30. The number of thiazole rings is 1. The molecule has 0 aliphatic rings. The molecule has 2 rings (SSSR count). The van der Waals surface area contributed by atoms with E-state index in [0.29, 0.717) is 11.0 Å². The van der Waals surface area contributed by atoms with Crippen LogP contribution in [0.15, 0.2) is 29.5 Å². The number of hydrogen-bond donors (Lipinski definition) is 1. The van der Waals surface area contributed by atoms with E-state index < -0.39 is 0 Å². The predicted molar refractivity (Wildman–Crippen MR) is 79.5 cm³/mol. The smallest absolute Gasteiger partial charge is 0.138 e. The van der Waals surface area contributed by atoms with Crippen LogP contribution in [-0.2, 0) is 0 Å². The summed E-state index contributed by atoms with van der Waals surface area (Å²) in [5, 5.41) is 9.05. The largest absolute Gasteiger partial charge is 0.297 e. The molecule has 0 radical (unpaired) electrons. The van der Waals surface area contributed by atoms with Crippen LogP contribution in [0.25, 0.3) is 10.6 Å². The lowest BCUT2D eigenvalue weighted by atomic mass is 10.3. The lowest BCUT2D eigenvalue weighted by Crippen LogP contribution is -1.82. The molecule has 2 aromatic rings. The average Bonchev–Trinajstić information content (AvgIpc) is 2.72. The van der Waals surface area contributed by atoms with E-state index in [2.05, 4.69) is 30.9 Å². The summed E-state index contributed by atoms with van der Waals surface area (Å²) in [5.41, 5.74) is 1.90. The van der Waals surface area contributed by atoms with Crippen molar-refractivity contribution in [1.82, 2.24) is 9.97 Å². The molecule has 2 aromatic heterocycles. The summed E-state index contributed by atoms with van der Waals surface area (Å²) in [7, 11) is 0. The number of aryl methyl sites for hydroxylation is 1. The number of halogens is 1. The summed E-state index contributed by atoms with van der Waals surface area (Å²) < 4.78 is 0.418. The van der Waals surface area contributed by atoms with Gasteiger partial charge < -0.3 is 0 Å². The Morgan fingerprint density at radius 2 is 2.44 bits per heavy atom. The zero-order valence-electron chi connectivity index (χ0n) is 9.72. The van der Waals surface area contributed by atoms with Crippen molar-refractivity contribution in [3.63, 3.8) is 0 Å². The summed E-state index contributed by atoms with van der Waals surface area (Å²) in [5.74, 6) is 0. The Balaban J connectivity index is 2.22. The van der Waals surface area contributed by atoms with Crippen molar-refractivity contribution in [2.45, 2.75) is 13.3 Å². The predicted octanol–water partition coefficient (Wildman–Crippen LogP) is 3.98. The molecule has 92 valence electrons. The molecule has 0 aromatic carbocycles. The molecular weight excluding hydrogens is 312 g/mol. The van der Waals surface area contributed by atoms with Crippen molar-refractivity contribution in [1.29, 1.82) is 5.41 Å². The van der Waals surface area contributed by atoms with Crippen LogP contribution in [0.2, 0.25) is 0 Å². The first-order valence-corrected chi connectivity index (χ1v) is 6.91. The molecule has 0 amide bonds. The monoisotopic (exact) mass is 322 g/mol. The molecule has 0 atom stereocenters.